The molecule has 3 heterocycles. The monoisotopic (exact) mass is 466 g/mol. The molecule has 0 amide bonds. The highest BCUT2D eigenvalue weighted by molar-refractivity contribution is 5.87. The molecule has 3 N–H and O–H groups in total. The van der Waals surface area contributed by atoms with Crippen molar-refractivity contribution in [2.75, 3.05) is 6.61 Å². The van der Waals surface area contributed by atoms with Crippen LogP contribution in [0, 0.1) is 17.3 Å². The van der Waals surface area contributed by atoms with Crippen LogP contribution in [0.3, 0.4) is 0 Å². The molecule has 186 valence electrons. The number of allylic oxidation sites excluding steroid dienone is 1. The van der Waals surface area contributed by atoms with Gasteiger partial charge in [0.05, 0.1) is 18.3 Å². The summed E-state index contributed by atoms with van der Waals surface area (Å²) >= 11 is 0. The van der Waals surface area contributed by atoms with Crippen LogP contribution in [0.5, 0.6) is 0 Å². The highest BCUT2D eigenvalue weighted by Crippen LogP contribution is 2.48. The van der Waals surface area contributed by atoms with Crippen molar-refractivity contribution in [3.05, 3.63) is 23.8 Å². The van der Waals surface area contributed by atoms with Crippen LogP contribution in [0.25, 0.3) is 0 Å². The van der Waals surface area contributed by atoms with Gasteiger partial charge in [0.15, 0.2) is 11.9 Å². The summed E-state index contributed by atoms with van der Waals surface area (Å²) in [4.78, 5) is 25.7. The summed E-state index contributed by atoms with van der Waals surface area (Å²) in [6.07, 6.45) is 2.24. The van der Waals surface area contributed by atoms with Crippen LogP contribution in [0.2, 0.25) is 0 Å². The van der Waals surface area contributed by atoms with E-state index in [2.05, 4.69) is 0 Å². The summed E-state index contributed by atoms with van der Waals surface area (Å²) in [6, 6.07) is 0. The third-order valence-electron chi connectivity index (χ3n) is 7.39. The number of hydrogen-bond donors (Lipinski definition) is 3. The maximum atomic E-state index is 13.2. The van der Waals surface area contributed by atoms with Crippen molar-refractivity contribution < 1.29 is 39.1 Å². The fourth-order valence-electron chi connectivity index (χ4n) is 5.12. The number of rotatable bonds is 3. The van der Waals surface area contributed by atoms with Gasteiger partial charge in [-0.05, 0) is 38.7 Å². The zero-order valence-electron chi connectivity index (χ0n) is 20.4. The van der Waals surface area contributed by atoms with Gasteiger partial charge < -0.3 is 29.5 Å². The second-order valence-electron chi connectivity index (χ2n) is 10.8. The number of esters is 1. The standard InChI is InChI=1S/C25H38O8/c1-14(13-26)11-19(27)31-21-16(3)12-17-20(28)15(2)7-9-23(4,5)18-8-10-24(6,33-18)22(29)25(21,30)32-17/h7,9,11,15-18,21-22,26,29-30H,8,10,12-13H2,1-6H3/b9-7+,14-11+/t15-,16+,17+,18-,21+,22-,24+,25-/m0/s1. The lowest BCUT2D eigenvalue weighted by Crippen LogP contribution is -2.68. The van der Waals surface area contributed by atoms with Gasteiger partial charge in [0, 0.05) is 23.3 Å². The van der Waals surface area contributed by atoms with E-state index in [0.29, 0.717) is 18.4 Å². The van der Waals surface area contributed by atoms with E-state index in [1.807, 2.05) is 26.0 Å². The Kier molecular flexibility index (Phi) is 7.28. The third-order valence-corrected chi connectivity index (χ3v) is 7.39. The van der Waals surface area contributed by atoms with Crippen molar-refractivity contribution in [1.29, 1.82) is 0 Å². The van der Waals surface area contributed by atoms with E-state index < -0.39 is 52.9 Å². The Morgan fingerprint density at radius 2 is 1.94 bits per heavy atom. The molecule has 0 aromatic rings. The molecule has 2 fully saturated rings. The molecule has 0 radical (unpaired) electrons. The van der Waals surface area contributed by atoms with Gasteiger partial charge in [-0.1, -0.05) is 39.8 Å². The maximum absolute atomic E-state index is 13.2. The Hall–Kier alpha value is -1.58. The number of Topliss-reactive ketones (excluding diaryl/α,β-unsaturated/α-hetero) is 1. The highest BCUT2D eigenvalue weighted by Gasteiger charge is 2.62. The molecule has 3 rings (SSSR count). The van der Waals surface area contributed by atoms with Crippen molar-refractivity contribution in [2.45, 2.75) is 96.6 Å². The summed E-state index contributed by atoms with van der Waals surface area (Å²) in [5, 5.41) is 32.5. The summed E-state index contributed by atoms with van der Waals surface area (Å²) in [5.74, 6) is -4.30. The Morgan fingerprint density at radius 3 is 2.58 bits per heavy atom. The van der Waals surface area contributed by atoms with Gasteiger partial charge in [-0.2, -0.15) is 0 Å². The van der Waals surface area contributed by atoms with Crippen LogP contribution < -0.4 is 0 Å². The minimum atomic E-state index is -2.36. The number of carbonyl (C=O) groups is 2. The summed E-state index contributed by atoms with van der Waals surface area (Å²) in [5.41, 5.74) is -1.18. The summed E-state index contributed by atoms with van der Waals surface area (Å²) in [7, 11) is 0. The van der Waals surface area contributed by atoms with E-state index in [1.165, 1.54) is 0 Å². The predicted molar refractivity (Wildman–Crippen MR) is 120 cm³/mol. The molecule has 3 aliphatic heterocycles. The zero-order valence-corrected chi connectivity index (χ0v) is 20.4. The zero-order chi connectivity index (χ0) is 24.8. The van der Waals surface area contributed by atoms with E-state index in [4.69, 9.17) is 14.2 Å². The van der Waals surface area contributed by atoms with Crippen molar-refractivity contribution >= 4 is 11.8 Å². The summed E-state index contributed by atoms with van der Waals surface area (Å²) in [6.45, 7) is 10.5. The van der Waals surface area contributed by atoms with Gasteiger partial charge in [-0.25, -0.2) is 4.79 Å². The molecule has 33 heavy (non-hydrogen) atoms. The van der Waals surface area contributed by atoms with Gasteiger partial charge in [0.25, 0.3) is 0 Å². The summed E-state index contributed by atoms with van der Waals surface area (Å²) < 4.78 is 17.8. The lowest BCUT2D eigenvalue weighted by atomic mass is 9.78. The van der Waals surface area contributed by atoms with Crippen LogP contribution in [-0.4, -0.2) is 69.5 Å². The van der Waals surface area contributed by atoms with Crippen molar-refractivity contribution in [3.8, 4) is 0 Å². The van der Waals surface area contributed by atoms with Gasteiger partial charge in [-0.3, -0.25) is 4.79 Å². The molecule has 0 unspecified atom stereocenters. The average molecular weight is 467 g/mol. The second-order valence-corrected chi connectivity index (χ2v) is 10.8. The van der Waals surface area contributed by atoms with E-state index in [0.717, 1.165) is 6.08 Å². The molecule has 0 saturated carbocycles. The van der Waals surface area contributed by atoms with E-state index in [-0.39, 0.29) is 24.9 Å². The van der Waals surface area contributed by atoms with Crippen LogP contribution in [0.4, 0.5) is 0 Å². The predicted octanol–water partition coefficient (Wildman–Crippen LogP) is 2.05. The number of aliphatic hydroxyl groups excluding tert-OH is 2. The quantitative estimate of drug-likeness (QED) is 0.328. The van der Waals surface area contributed by atoms with Crippen LogP contribution in [0.1, 0.15) is 60.8 Å². The minimum Gasteiger partial charge on any atom is -0.453 e. The number of ketones is 1. The molecule has 8 atom stereocenters. The number of ether oxygens (including phenoxy) is 3. The van der Waals surface area contributed by atoms with E-state index in [1.54, 1.807) is 27.7 Å². The van der Waals surface area contributed by atoms with Gasteiger partial charge in [-0.15, -0.1) is 0 Å². The molecule has 2 saturated heterocycles. The molecule has 0 aromatic heterocycles. The van der Waals surface area contributed by atoms with Crippen molar-refractivity contribution in [2.24, 2.45) is 17.3 Å². The number of aliphatic hydroxyl groups is 3. The molecule has 4 bridgehead atoms. The Bertz CT molecular complexity index is 832. The van der Waals surface area contributed by atoms with Crippen LogP contribution >= 0.6 is 0 Å². The Morgan fingerprint density at radius 1 is 1.27 bits per heavy atom. The largest absolute Gasteiger partial charge is 0.453 e. The van der Waals surface area contributed by atoms with E-state index in [9.17, 15) is 24.9 Å². The Balaban J connectivity index is 2.05. The minimum absolute atomic E-state index is 0.209. The normalized spacial score (nSPS) is 44.5. The third kappa shape index (κ3) is 4.95. The molecule has 8 nitrogen and oxygen atoms in total. The lowest BCUT2D eigenvalue weighted by Gasteiger charge is -2.51. The first kappa shape index (κ1) is 26.0. The highest BCUT2D eigenvalue weighted by atomic mass is 16.7. The van der Waals surface area contributed by atoms with Gasteiger partial charge in [0.1, 0.15) is 12.2 Å². The molecule has 0 aromatic carbocycles. The average Bonchev–Trinajstić information content (AvgIpc) is 3.17. The molecular weight excluding hydrogens is 428 g/mol. The second kappa shape index (κ2) is 9.23. The van der Waals surface area contributed by atoms with Gasteiger partial charge in [0.2, 0.25) is 5.79 Å². The maximum Gasteiger partial charge on any atom is 0.331 e. The SMILES string of the molecule is C/C(=C\C(=O)O[C@@H]1[C@H](C)C[C@H]2O[C@]1(O)[C@@H](O)[C@@]1(C)CC[C@H](O1)C(C)(C)/C=C/[C@H](C)C2=O)CO. The first-order chi connectivity index (χ1) is 15.2. The smallest absolute Gasteiger partial charge is 0.331 e. The number of carbonyl (C=O) groups excluding carboxylic acids is 2. The topological polar surface area (TPSA) is 123 Å². The van der Waals surface area contributed by atoms with Crippen LogP contribution in [-0.2, 0) is 23.8 Å². The number of fused-ring (bicyclic) bond motifs is 4. The fourth-order valence-corrected chi connectivity index (χ4v) is 5.12. The lowest BCUT2D eigenvalue weighted by molar-refractivity contribution is -0.363. The first-order valence-corrected chi connectivity index (χ1v) is 11.7. The Labute approximate surface area is 195 Å². The number of hydrogen-bond acceptors (Lipinski definition) is 8. The van der Waals surface area contributed by atoms with Gasteiger partial charge >= 0.3 is 5.97 Å². The molecular formula is C25H38O8. The van der Waals surface area contributed by atoms with Crippen molar-refractivity contribution in [3.63, 3.8) is 0 Å². The molecule has 0 spiro atoms. The molecule has 8 heteroatoms. The fraction of sp³-hybridized carbons (Fsp3) is 0.760. The van der Waals surface area contributed by atoms with E-state index >= 15 is 0 Å². The van der Waals surface area contributed by atoms with Crippen molar-refractivity contribution in [1.82, 2.24) is 0 Å². The molecule has 0 aliphatic carbocycles. The molecule has 3 aliphatic rings. The van der Waals surface area contributed by atoms with Crippen LogP contribution in [0.15, 0.2) is 23.8 Å². The first-order valence-electron chi connectivity index (χ1n) is 11.7.